The third kappa shape index (κ3) is 4.55. The van der Waals surface area contributed by atoms with Gasteiger partial charge in [-0.1, -0.05) is 0 Å². The zero-order valence-corrected chi connectivity index (χ0v) is 11.3. The predicted octanol–water partition coefficient (Wildman–Crippen LogP) is -0.372. The first-order chi connectivity index (χ1) is 8.19. The van der Waals surface area contributed by atoms with Crippen LogP contribution < -0.4 is 5.32 Å². The van der Waals surface area contributed by atoms with Crippen molar-refractivity contribution in [1.29, 1.82) is 0 Å². The van der Waals surface area contributed by atoms with Gasteiger partial charge in [0.1, 0.15) is 6.04 Å². The Balaban J connectivity index is 2.48. The van der Waals surface area contributed by atoms with Gasteiger partial charge >= 0.3 is 0 Å². The van der Waals surface area contributed by atoms with Crippen LogP contribution in [0.2, 0.25) is 0 Å². The number of amides is 2. The average Bonchev–Trinajstić information content (AvgIpc) is 2.34. The van der Waals surface area contributed by atoms with Crippen molar-refractivity contribution in [2.75, 3.05) is 45.2 Å². The molecule has 98 valence electrons. The first kappa shape index (κ1) is 14.3. The molecule has 5 nitrogen and oxygen atoms in total. The van der Waals surface area contributed by atoms with Gasteiger partial charge in [0.05, 0.1) is 0 Å². The normalized spacial score (nSPS) is 18.8. The van der Waals surface area contributed by atoms with E-state index >= 15 is 0 Å². The fourth-order valence-corrected chi connectivity index (χ4v) is 2.31. The second-order valence-electron chi connectivity index (χ2n) is 4.25. The Hall–Kier alpha value is -0.750. The van der Waals surface area contributed by atoms with E-state index in [-0.39, 0.29) is 11.9 Å². The number of likely N-dealkylation sites (N-methyl/N-ethyl adjacent to an activating group) is 1. The molecule has 0 radical (unpaired) electrons. The lowest BCUT2D eigenvalue weighted by atomic mass is 10.2. The molecule has 1 atom stereocenters. The van der Waals surface area contributed by atoms with E-state index in [1.54, 1.807) is 11.8 Å². The summed E-state index contributed by atoms with van der Waals surface area (Å²) in [6.07, 6.45) is 3.32. The monoisotopic (exact) mass is 259 g/mol. The second-order valence-corrected chi connectivity index (χ2v) is 5.23. The van der Waals surface area contributed by atoms with Crippen LogP contribution in [0.1, 0.15) is 6.42 Å². The van der Waals surface area contributed by atoms with E-state index in [0.29, 0.717) is 12.8 Å². The van der Waals surface area contributed by atoms with Gasteiger partial charge in [0.15, 0.2) is 0 Å². The quantitative estimate of drug-likeness (QED) is 0.661. The van der Waals surface area contributed by atoms with Crippen molar-refractivity contribution in [2.45, 2.75) is 12.5 Å². The van der Waals surface area contributed by atoms with Gasteiger partial charge in [0, 0.05) is 26.2 Å². The maximum absolute atomic E-state index is 12.2. The van der Waals surface area contributed by atoms with E-state index < -0.39 is 0 Å². The van der Waals surface area contributed by atoms with Gasteiger partial charge in [0.2, 0.25) is 12.3 Å². The third-order valence-electron chi connectivity index (χ3n) is 2.99. The molecule has 0 spiro atoms. The van der Waals surface area contributed by atoms with Gasteiger partial charge < -0.3 is 15.1 Å². The van der Waals surface area contributed by atoms with E-state index in [9.17, 15) is 9.59 Å². The van der Waals surface area contributed by atoms with Crippen LogP contribution in [0.4, 0.5) is 0 Å². The SMILES string of the molecule is CSCCC(NC=O)C(=O)N1CCN(C)CC1. The minimum absolute atomic E-state index is 0.0549. The fraction of sp³-hybridized carbons (Fsp3) is 0.818. The highest BCUT2D eigenvalue weighted by atomic mass is 32.2. The number of hydrogen-bond donors (Lipinski definition) is 1. The van der Waals surface area contributed by atoms with Gasteiger partial charge in [-0.05, 0) is 25.5 Å². The number of nitrogens with zero attached hydrogens (tertiary/aromatic N) is 2. The molecule has 1 heterocycles. The summed E-state index contributed by atoms with van der Waals surface area (Å²) in [5, 5.41) is 2.63. The summed E-state index contributed by atoms with van der Waals surface area (Å²) >= 11 is 1.69. The standard InChI is InChI=1S/C11H21N3O2S/c1-13-4-6-14(7-5-13)11(16)10(12-9-15)3-8-17-2/h9-10H,3-8H2,1-2H3,(H,12,15). The van der Waals surface area contributed by atoms with Crippen molar-refractivity contribution in [3.8, 4) is 0 Å². The predicted molar refractivity (Wildman–Crippen MR) is 70.1 cm³/mol. The molecule has 1 aliphatic heterocycles. The second kappa shape index (κ2) is 7.55. The van der Waals surface area contributed by atoms with Gasteiger partial charge in [0.25, 0.3) is 0 Å². The number of carbonyl (C=O) groups is 2. The van der Waals surface area contributed by atoms with Crippen LogP contribution in [-0.4, -0.2) is 73.4 Å². The van der Waals surface area contributed by atoms with Gasteiger partial charge in [-0.15, -0.1) is 0 Å². The first-order valence-electron chi connectivity index (χ1n) is 5.85. The van der Waals surface area contributed by atoms with Crippen molar-refractivity contribution in [3.05, 3.63) is 0 Å². The van der Waals surface area contributed by atoms with E-state index in [1.165, 1.54) is 0 Å². The zero-order valence-electron chi connectivity index (χ0n) is 10.5. The van der Waals surface area contributed by atoms with Crippen molar-refractivity contribution >= 4 is 24.1 Å². The first-order valence-corrected chi connectivity index (χ1v) is 7.24. The molecule has 0 aliphatic carbocycles. The highest BCUT2D eigenvalue weighted by molar-refractivity contribution is 7.98. The molecule has 1 N–H and O–H groups in total. The topological polar surface area (TPSA) is 52.7 Å². The molecule has 0 bridgehead atoms. The largest absolute Gasteiger partial charge is 0.347 e. The molecule has 17 heavy (non-hydrogen) atoms. The number of nitrogens with one attached hydrogen (secondary N) is 1. The van der Waals surface area contributed by atoms with Crippen LogP contribution in [0.25, 0.3) is 0 Å². The van der Waals surface area contributed by atoms with Crippen molar-refractivity contribution in [3.63, 3.8) is 0 Å². The minimum Gasteiger partial charge on any atom is -0.347 e. The fourth-order valence-electron chi connectivity index (χ4n) is 1.84. The van der Waals surface area contributed by atoms with Crippen LogP contribution in [-0.2, 0) is 9.59 Å². The highest BCUT2D eigenvalue weighted by Crippen LogP contribution is 2.07. The highest BCUT2D eigenvalue weighted by Gasteiger charge is 2.25. The summed E-state index contributed by atoms with van der Waals surface area (Å²) in [5.74, 6) is 0.935. The van der Waals surface area contributed by atoms with E-state index in [2.05, 4.69) is 17.3 Å². The molecule has 6 heteroatoms. The van der Waals surface area contributed by atoms with Crippen LogP contribution in [0.5, 0.6) is 0 Å². The Labute approximate surface area is 107 Å². The molecule has 1 fully saturated rings. The van der Waals surface area contributed by atoms with Gasteiger partial charge in [-0.3, -0.25) is 9.59 Å². The summed E-state index contributed by atoms with van der Waals surface area (Å²) in [4.78, 5) is 26.7. The van der Waals surface area contributed by atoms with Crippen molar-refractivity contribution < 1.29 is 9.59 Å². The van der Waals surface area contributed by atoms with Gasteiger partial charge in [-0.2, -0.15) is 11.8 Å². The van der Waals surface area contributed by atoms with Crippen molar-refractivity contribution in [1.82, 2.24) is 15.1 Å². The number of rotatable bonds is 6. The minimum atomic E-state index is -0.358. The number of thioether (sulfide) groups is 1. The zero-order chi connectivity index (χ0) is 12.7. The molecule has 1 unspecified atom stereocenters. The maximum atomic E-state index is 12.2. The number of carbonyl (C=O) groups excluding carboxylic acids is 2. The maximum Gasteiger partial charge on any atom is 0.245 e. The number of piperazine rings is 1. The van der Waals surface area contributed by atoms with E-state index in [4.69, 9.17) is 0 Å². The number of hydrogen-bond acceptors (Lipinski definition) is 4. The lowest BCUT2D eigenvalue weighted by Gasteiger charge is -2.34. The smallest absolute Gasteiger partial charge is 0.245 e. The summed E-state index contributed by atoms with van der Waals surface area (Å²) < 4.78 is 0. The summed E-state index contributed by atoms with van der Waals surface area (Å²) in [6, 6.07) is -0.358. The molecular formula is C11H21N3O2S. The molecular weight excluding hydrogens is 238 g/mol. The third-order valence-corrected chi connectivity index (χ3v) is 3.64. The van der Waals surface area contributed by atoms with E-state index in [1.807, 2.05) is 11.2 Å². The molecule has 1 saturated heterocycles. The average molecular weight is 259 g/mol. The Morgan fingerprint density at radius 1 is 1.41 bits per heavy atom. The van der Waals surface area contributed by atoms with Crippen LogP contribution in [0.3, 0.4) is 0 Å². The molecule has 0 aromatic carbocycles. The van der Waals surface area contributed by atoms with Crippen LogP contribution in [0, 0.1) is 0 Å². The molecule has 2 amide bonds. The Kier molecular flexibility index (Phi) is 6.36. The lowest BCUT2D eigenvalue weighted by molar-refractivity contribution is -0.136. The molecule has 1 rings (SSSR count). The molecule has 0 saturated carbocycles. The summed E-state index contributed by atoms with van der Waals surface area (Å²) in [7, 11) is 2.05. The van der Waals surface area contributed by atoms with E-state index in [0.717, 1.165) is 31.9 Å². The van der Waals surface area contributed by atoms with Crippen LogP contribution in [0.15, 0.2) is 0 Å². The van der Waals surface area contributed by atoms with Gasteiger partial charge in [-0.25, -0.2) is 0 Å². The summed E-state index contributed by atoms with van der Waals surface area (Å²) in [5.41, 5.74) is 0. The van der Waals surface area contributed by atoms with Crippen molar-refractivity contribution in [2.24, 2.45) is 0 Å². The molecule has 0 aromatic rings. The lowest BCUT2D eigenvalue weighted by Crippen LogP contribution is -2.53. The molecule has 0 aromatic heterocycles. The Bertz CT molecular complexity index is 255. The molecule has 1 aliphatic rings. The van der Waals surface area contributed by atoms with Crippen LogP contribution >= 0.6 is 11.8 Å². The Morgan fingerprint density at radius 2 is 2.06 bits per heavy atom. The Morgan fingerprint density at radius 3 is 2.59 bits per heavy atom. The summed E-state index contributed by atoms with van der Waals surface area (Å²) in [6.45, 7) is 3.32.